The molecule has 1 aromatic heterocycles. The van der Waals surface area contributed by atoms with Gasteiger partial charge < -0.3 is 5.73 Å². The molecule has 0 amide bonds. The van der Waals surface area contributed by atoms with E-state index < -0.39 is 0 Å². The maximum atomic E-state index is 5.95. The van der Waals surface area contributed by atoms with Crippen LogP contribution in [0.25, 0.3) is 5.69 Å². The van der Waals surface area contributed by atoms with Gasteiger partial charge >= 0.3 is 0 Å². The summed E-state index contributed by atoms with van der Waals surface area (Å²) in [6.07, 6.45) is 2.78. The lowest BCUT2D eigenvalue weighted by Gasteiger charge is -2.07. The zero-order valence-electron chi connectivity index (χ0n) is 11.2. The molecule has 0 aliphatic carbocycles. The summed E-state index contributed by atoms with van der Waals surface area (Å²) >= 11 is 0. The number of hydrogen-bond acceptors (Lipinski definition) is 3. The standard InChI is InChI=1S/C14H20N4/c1-4-13(15)14-9-18(17-16-14)12-7-5-6-11(8-12)10(2)3/h5-10,13H,4,15H2,1-3H3. The summed E-state index contributed by atoms with van der Waals surface area (Å²) < 4.78 is 1.79. The van der Waals surface area contributed by atoms with Gasteiger partial charge in [-0.3, -0.25) is 0 Å². The Morgan fingerprint density at radius 1 is 1.33 bits per heavy atom. The Balaban J connectivity index is 2.31. The number of nitrogens with zero attached hydrogens (tertiary/aromatic N) is 3. The normalized spacial score (nSPS) is 12.9. The molecular formula is C14H20N4. The lowest BCUT2D eigenvalue weighted by Crippen LogP contribution is -2.08. The first-order valence-corrected chi connectivity index (χ1v) is 6.40. The van der Waals surface area contributed by atoms with Crippen LogP contribution in [0.15, 0.2) is 30.5 Å². The Bertz CT molecular complexity index is 516. The average molecular weight is 244 g/mol. The lowest BCUT2D eigenvalue weighted by molar-refractivity contribution is 0.670. The Morgan fingerprint density at radius 2 is 2.11 bits per heavy atom. The zero-order valence-corrected chi connectivity index (χ0v) is 11.2. The van der Waals surface area contributed by atoms with E-state index in [4.69, 9.17) is 5.73 Å². The molecule has 18 heavy (non-hydrogen) atoms. The van der Waals surface area contributed by atoms with Crippen molar-refractivity contribution in [2.45, 2.75) is 39.2 Å². The highest BCUT2D eigenvalue weighted by Crippen LogP contribution is 2.18. The number of nitrogens with two attached hydrogens (primary N) is 1. The van der Waals surface area contributed by atoms with E-state index >= 15 is 0 Å². The van der Waals surface area contributed by atoms with Crippen LogP contribution in [0, 0.1) is 0 Å². The first-order chi connectivity index (χ1) is 8.61. The molecule has 1 heterocycles. The maximum Gasteiger partial charge on any atom is 0.0998 e. The second kappa shape index (κ2) is 5.31. The molecule has 1 aromatic carbocycles. The van der Waals surface area contributed by atoms with Crippen molar-refractivity contribution >= 4 is 0 Å². The quantitative estimate of drug-likeness (QED) is 0.899. The van der Waals surface area contributed by atoms with Crippen molar-refractivity contribution in [2.24, 2.45) is 5.73 Å². The second-order valence-corrected chi connectivity index (χ2v) is 4.85. The molecule has 0 aliphatic rings. The fourth-order valence-electron chi connectivity index (χ4n) is 1.81. The minimum Gasteiger partial charge on any atom is -0.323 e. The summed E-state index contributed by atoms with van der Waals surface area (Å²) in [5.74, 6) is 0.505. The van der Waals surface area contributed by atoms with E-state index in [-0.39, 0.29) is 6.04 Å². The van der Waals surface area contributed by atoms with Gasteiger partial charge in [-0.05, 0) is 30.0 Å². The van der Waals surface area contributed by atoms with Crippen LogP contribution in [0.1, 0.15) is 50.4 Å². The van der Waals surface area contributed by atoms with Crippen LogP contribution < -0.4 is 5.73 Å². The predicted octanol–water partition coefficient (Wildman–Crippen LogP) is 2.80. The Hall–Kier alpha value is -1.68. The molecule has 2 N–H and O–H groups in total. The van der Waals surface area contributed by atoms with Gasteiger partial charge in [0.1, 0.15) is 0 Å². The zero-order chi connectivity index (χ0) is 13.1. The van der Waals surface area contributed by atoms with Crippen LogP contribution in [-0.4, -0.2) is 15.0 Å². The third kappa shape index (κ3) is 2.59. The number of hydrogen-bond donors (Lipinski definition) is 1. The number of benzene rings is 1. The minimum absolute atomic E-state index is 0.0352. The molecule has 96 valence electrons. The molecule has 1 unspecified atom stereocenters. The Kier molecular flexibility index (Phi) is 3.77. The first-order valence-electron chi connectivity index (χ1n) is 6.40. The van der Waals surface area contributed by atoms with Gasteiger partial charge in [-0.15, -0.1) is 5.10 Å². The summed E-state index contributed by atoms with van der Waals surface area (Å²) in [5, 5.41) is 8.27. The van der Waals surface area contributed by atoms with Crippen molar-refractivity contribution in [3.05, 3.63) is 41.7 Å². The van der Waals surface area contributed by atoms with Gasteiger partial charge in [0.2, 0.25) is 0 Å². The molecular weight excluding hydrogens is 224 g/mol. The Morgan fingerprint density at radius 3 is 2.78 bits per heavy atom. The van der Waals surface area contributed by atoms with Gasteiger partial charge in [0.05, 0.1) is 23.6 Å². The molecule has 4 heteroatoms. The van der Waals surface area contributed by atoms with E-state index in [1.54, 1.807) is 4.68 Å². The van der Waals surface area contributed by atoms with Crippen LogP contribution >= 0.6 is 0 Å². The fourth-order valence-corrected chi connectivity index (χ4v) is 1.81. The molecule has 0 fully saturated rings. The molecule has 2 rings (SSSR count). The Labute approximate surface area is 108 Å². The molecule has 0 radical (unpaired) electrons. The van der Waals surface area contributed by atoms with Gasteiger partial charge in [-0.1, -0.05) is 38.1 Å². The topological polar surface area (TPSA) is 56.7 Å². The molecule has 0 spiro atoms. The largest absolute Gasteiger partial charge is 0.323 e. The average Bonchev–Trinajstić information content (AvgIpc) is 2.87. The third-order valence-electron chi connectivity index (χ3n) is 3.13. The molecule has 1 atom stereocenters. The highest BCUT2D eigenvalue weighted by atomic mass is 15.4. The van der Waals surface area contributed by atoms with Crippen LogP contribution in [-0.2, 0) is 0 Å². The first kappa shape index (κ1) is 12.8. The highest BCUT2D eigenvalue weighted by Gasteiger charge is 2.09. The van der Waals surface area contributed by atoms with E-state index in [2.05, 4.69) is 36.3 Å². The molecule has 0 saturated heterocycles. The van der Waals surface area contributed by atoms with Crippen molar-refractivity contribution < 1.29 is 0 Å². The van der Waals surface area contributed by atoms with E-state index in [1.807, 2.05) is 25.3 Å². The molecule has 0 bridgehead atoms. The van der Waals surface area contributed by atoms with Gasteiger partial charge in [-0.2, -0.15) is 0 Å². The summed E-state index contributed by atoms with van der Waals surface area (Å²) in [4.78, 5) is 0. The number of aromatic nitrogens is 3. The SMILES string of the molecule is CCC(N)c1cn(-c2cccc(C(C)C)c2)nn1. The van der Waals surface area contributed by atoms with Crippen LogP contribution in [0.4, 0.5) is 0 Å². The molecule has 0 aliphatic heterocycles. The lowest BCUT2D eigenvalue weighted by atomic mass is 10.0. The van der Waals surface area contributed by atoms with Gasteiger partial charge in [0.25, 0.3) is 0 Å². The summed E-state index contributed by atoms with van der Waals surface area (Å²) in [5.41, 5.74) is 9.11. The summed E-state index contributed by atoms with van der Waals surface area (Å²) in [6.45, 7) is 6.40. The van der Waals surface area contributed by atoms with Crippen LogP contribution in [0.3, 0.4) is 0 Å². The van der Waals surface area contributed by atoms with Gasteiger partial charge in [0.15, 0.2) is 0 Å². The maximum absolute atomic E-state index is 5.95. The second-order valence-electron chi connectivity index (χ2n) is 4.85. The summed E-state index contributed by atoms with van der Waals surface area (Å²) in [7, 11) is 0. The summed E-state index contributed by atoms with van der Waals surface area (Å²) in [6, 6.07) is 8.31. The fraction of sp³-hybridized carbons (Fsp3) is 0.429. The van der Waals surface area contributed by atoms with Crippen molar-refractivity contribution in [1.29, 1.82) is 0 Å². The van der Waals surface area contributed by atoms with E-state index in [0.29, 0.717) is 5.92 Å². The van der Waals surface area contributed by atoms with E-state index in [0.717, 1.165) is 17.8 Å². The molecule has 4 nitrogen and oxygen atoms in total. The van der Waals surface area contributed by atoms with E-state index in [1.165, 1.54) is 5.56 Å². The van der Waals surface area contributed by atoms with Crippen molar-refractivity contribution in [2.75, 3.05) is 0 Å². The molecule has 2 aromatic rings. The highest BCUT2D eigenvalue weighted by molar-refractivity contribution is 5.36. The van der Waals surface area contributed by atoms with Crippen molar-refractivity contribution in [1.82, 2.24) is 15.0 Å². The van der Waals surface area contributed by atoms with Crippen LogP contribution in [0.5, 0.6) is 0 Å². The van der Waals surface area contributed by atoms with Crippen molar-refractivity contribution in [3.63, 3.8) is 0 Å². The predicted molar refractivity (Wildman–Crippen MR) is 72.7 cm³/mol. The third-order valence-corrected chi connectivity index (χ3v) is 3.13. The monoisotopic (exact) mass is 244 g/mol. The van der Waals surface area contributed by atoms with Crippen LogP contribution in [0.2, 0.25) is 0 Å². The number of rotatable bonds is 4. The van der Waals surface area contributed by atoms with Gasteiger partial charge in [-0.25, -0.2) is 4.68 Å². The van der Waals surface area contributed by atoms with E-state index in [9.17, 15) is 0 Å². The molecule has 0 saturated carbocycles. The minimum atomic E-state index is -0.0352. The van der Waals surface area contributed by atoms with Crippen molar-refractivity contribution in [3.8, 4) is 5.69 Å². The van der Waals surface area contributed by atoms with Gasteiger partial charge in [0, 0.05) is 0 Å². The smallest absolute Gasteiger partial charge is 0.0998 e.